The zero-order chi connectivity index (χ0) is 14.9. The van der Waals surface area contributed by atoms with E-state index in [0.717, 1.165) is 31.4 Å². The molecule has 21 heavy (non-hydrogen) atoms. The molecule has 118 valence electrons. The molecule has 0 saturated heterocycles. The number of amides is 1. The maximum atomic E-state index is 12.6. The SMILES string of the molecule is Cc1cc(C(F)(F)F)ccc1C(=O)NC1CCCC1N.Cl. The monoisotopic (exact) mass is 322 g/mol. The summed E-state index contributed by atoms with van der Waals surface area (Å²) in [4.78, 5) is 12.1. The average Bonchev–Trinajstić information content (AvgIpc) is 2.73. The lowest BCUT2D eigenvalue weighted by molar-refractivity contribution is -0.137. The van der Waals surface area contributed by atoms with Crippen molar-refractivity contribution in [3.63, 3.8) is 0 Å². The summed E-state index contributed by atoms with van der Waals surface area (Å²) in [5.41, 5.74) is 5.69. The third kappa shape index (κ3) is 4.11. The molecule has 1 aromatic carbocycles. The van der Waals surface area contributed by atoms with Crippen LogP contribution in [0.5, 0.6) is 0 Å². The number of rotatable bonds is 2. The van der Waals surface area contributed by atoms with E-state index >= 15 is 0 Å². The molecule has 0 spiro atoms. The summed E-state index contributed by atoms with van der Waals surface area (Å²) >= 11 is 0. The molecule has 3 N–H and O–H groups in total. The van der Waals surface area contributed by atoms with Crippen LogP contribution in [0.4, 0.5) is 13.2 Å². The van der Waals surface area contributed by atoms with E-state index in [1.807, 2.05) is 0 Å². The minimum atomic E-state index is -4.40. The molecule has 0 radical (unpaired) electrons. The molecular formula is C14H18ClF3N2O. The third-order valence-electron chi connectivity index (χ3n) is 3.68. The Hall–Kier alpha value is -1.27. The standard InChI is InChI=1S/C14H17F3N2O.ClH/c1-8-7-9(14(15,16)17)5-6-10(8)13(20)19-12-4-2-3-11(12)18;/h5-7,11-12H,2-4,18H2,1H3,(H,19,20);1H. The van der Waals surface area contributed by atoms with Crippen molar-refractivity contribution in [2.45, 2.75) is 44.4 Å². The van der Waals surface area contributed by atoms with Gasteiger partial charge >= 0.3 is 6.18 Å². The van der Waals surface area contributed by atoms with E-state index in [1.165, 1.54) is 13.0 Å². The van der Waals surface area contributed by atoms with Crippen molar-refractivity contribution in [2.75, 3.05) is 0 Å². The Bertz CT molecular complexity index is 519. The van der Waals surface area contributed by atoms with Crippen LogP contribution >= 0.6 is 12.4 Å². The number of hydrogen-bond donors (Lipinski definition) is 2. The van der Waals surface area contributed by atoms with E-state index in [2.05, 4.69) is 5.32 Å². The summed E-state index contributed by atoms with van der Waals surface area (Å²) in [5, 5.41) is 2.80. The Balaban J connectivity index is 0.00000220. The van der Waals surface area contributed by atoms with Gasteiger partial charge in [0.2, 0.25) is 0 Å². The maximum absolute atomic E-state index is 12.6. The molecule has 0 heterocycles. The van der Waals surface area contributed by atoms with Crippen LogP contribution in [0.1, 0.15) is 40.7 Å². The van der Waals surface area contributed by atoms with Gasteiger partial charge in [0, 0.05) is 17.6 Å². The highest BCUT2D eigenvalue weighted by Gasteiger charge is 2.31. The number of halogens is 4. The van der Waals surface area contributed by atoms with Crippen LogP contribution in [0.2, 0.25) is 0 Å². The van der Waals surface area contributed by atoms with Crippen molar-refractivity contribution in [1.29, 1.82) is 0 Å². The van der Waals surface area contributed by atoms with Crippen molar-refractivity contribution >= 4 is 18.3 Å². The Morgan fingerprint density at radius 2 is 2.00 bits per heavy atom. The first kappa shape index (κ1) is 17.8. The summed E-state index contributed by atoms with van der Waals surface area (Å²) in [6.45, 7) is 1.50. The van der Waals surface area contributed by atoms with Gasteiger partial charge in [-0.15, -0.1) is 12.4 Å². The number of nitrogens with one attached hydrogen (secondary N) is 1. The number of alkyl halides is 3. The van der Waals surface area contributed by atoms with Gasteiger partial charge in [0.1, 0.15) is 0 Å². The lowest BCUT2D eigenvalue weighted by atomic mass is 10.0. The fraction of sp³-hybridized carbons (Fsp3) is 0.500. The highest BCUT2D eigenvalue weighted by Crippen LogP contribution is 2.30. The maximum Gasteiger partial charge on any atom is 0.416 e. The highest BCUT2D eigenvalue weighted by atomic mass is 35.5. The van der Waals surface area contributed by atoms with E-state index in [4.69, 9.17) is 5.73 Å². The Morgan fingerprint density at radius 3 is 2.48 bits per heavy atom. The van der Waals surface area contributed by atoms with Gasteiger partial charge in [0.15, 0.2) is 0 Å². The zero-order valence-electron chi connectivity index (χ0n) is 11.5. The van der Waals surface area contributed by atoms with Crippen LogP contribution in [0.25, 0.3) is 0 Å². The molecule has 1 aliphatic carbocycles. The fourth-order valence-electron chi connectivity index (χ4n) is 2.51. The van der Waals surface area contributed by atoms with Crippen molar-refractivity contribution in [3.05, 3.63) is 34.9 Å². The quantitative estimate of drug-likeness (QED) is 0.879. The predicted octanol–water partition coefficient (Wildman–Crippen LogP) is 3.05. The second-order valence-electron chi connectivity index (χ2n) is 5.20. The van der Waals surface area contributed by atoms with Crippen LogP contribution in [-0.2, 0) is 6.18 Å². The van der Waals surface area contributed by atoms with E-state index in [0.29, 0.717) is 5.56 Å². The summed E-state index contributed by atoms with van der Waals surface area (Å²) in [6.07, 6.45) is -1.77. The number of hydrogen-bond acceptors (Lipinski definition) is 2. The normalized spacial score (nSPS) is 21.8. The number of benzene rings is 1. The van der Waals surface area contributed by atoms with Gasteiger partial charge in [-0.3, -0.25) is 4.79 Å². The van der Waals surface area contributed by atoms with Crippen LogP contribution in [0.15, 0.2) is 18.2 Å². The minimum Gasteiger partial charge on any atom is -0.348 e. The summed E-state index contributed by atoms with van der Waals surface area (Å²) in [5.74, 6) is -0.362. The zero-order valence-corrected chi connectivity index (χ0v) is 12.4. The first-order valence-corrected chi connectivity index (χ1v) is 6.53. The summed E-state index contributed by atoms with van der Waals surface area (Å²) < 4.78 is 37.7. The molecule has 1 saturated carbocycles. The van der Waals surface area contributed by atoms with Crippen LogP contribution in [0.3, 0.4) is 0 Å². The first-order valence-electron chi connectivity index (χ1n) is 6.53. The predicted molar refractivity (Wildman–Crippen MR) is 76.5 cm³/mol. The van der Waals surface area contributed by atoms with Crippen LogP contribution in [0, 0.1) is 6.92 Å². The number of aryl methyl sites for hydroxylation is 1. The van der Waals surface area contributed by atoms with Crippen molar-refractivity contribution in [3.8, 4) is 0 Å². The molecule has 1 amide bonds. The third-order valence-corrected chi connectivity index (χ3v) is 3.68. The van der Waals surface area contributed by atoms with Gasteiger partial charge in [-0.2, -0.15) is 13.2 Å². The highest BCUT2D eigenvalue weighted by molar-refractivity contribution is 5.96. The summed E-state index contributed by atoms with van der Waals surface area (Å²) in [6, 6.07) is 2.96. The molecule has 0 aliphatic heterocycles. The van der Waals surface area contributed by atoms with E-state index in [1.54, 1.807) is 0 Å². The van der Waals surface area contributed by atoms with Crippen LogP contribution in [-0.4, -0.2) is 18.0 Å². The number of carbonyl (C=O) groups excluding carboxylic acids is 1. The van der Waals surface area contributed by atoms with Crippen LogP contribution < -0.4 is 11.1 Å². The molecule has 0 bridgehead atoms. The van der Waals surface area contributed by atoms with Gasteiger partial charge in [-0.25, -0.2) is 0 Å². The van der Waals surface area contributed by atoms with E-state index in [9.17, 15) is 18.0 Å². The van der Waals surface area contributed by atoms with E-state index < -0.39 is 11.7 Å². The smallest absolute Gasteiger partial charge is 0.348 e. The molecular weight excluding hydrogens is 305 g/mol. The molecule has 1 fully saturated rings. The molecule has 1 aromatic rings. The second kappa shape index (κ2) is 6.66. The van der Waals surface area contributed by atoms with Gasteiger partial charge in [-0.05, 0) is 49.9 Å². The first-order chi connectivity index (χ1) is 9.29. The molecule has 7 heteroatoms. The second-order valence-corrected chi connectivity index (χ2v) is 5.20. The summed E-state index contributed by atoms with van der Waals surface area (Å²) in [7, 11) is 0. The molecule has 3 nitrogen and oxygen atoms in total. The molecule has 1 aliphatic rings. The lowest BCUT2D eigenvalue weighted by Crippen LogP contribution is -2.44. The Kier molecular flexibility index (Phi) is 5.64. The number of nitrogens with two attached hydrogens (primary N) is 1. The minimum absolute atomic E-state index is 0. The molecule has 0 aromatic heterocycles. The largest absolute Gasteiger partial charge is 0.416 e. The topological polar surface area (TPSA) is 55.1 Å². The Labute approximate surface area is 127 Å². The van der Waals surface area contributed by atoms with Gasteiger partial charge in [-0.1, -0.05) is 0 Å². The fourth-order valence-corrected chi connectivity index (χ4v) is 2.51. The lowest BCUT2D eigenvalue weighted by Gasteiger charge is -2.18. The van der Waals surface area contributed by atoms with Crippen molar-refractivity contribution < 1.29 is 18.0 Å². The van der Waals surface area contributed by atoms with Crippen molar-refractivity contribution in [2.24, 2.45) is 5.73 Å². The van der Waals surface area contributed by atoms with Crippen molar-refractivity contribution in [1.82, 2.24) is 5.32 Å². The Morgan fingerprint density at radius 1 is 1.33 bits per heavy atom. The van der Waals surface area contributed by atoms with E-state index in [-0.39, 0.29) is 36.0 Å². The average molecular weight is 323 g/mol. The van der Waals surface area contributed by atoms with Gasteiger partial charge < -0.3 is 11.1 Å². The molecule has 2 rings (SSSR count). The molecule has 2 atom stereocenters. The van der Waals surface area contributed by atoms with Gasteiger partial charge in [0.25, 0.3) is 5.91 Å². The van der Waals surface area contributed by atoms with Gasteiger partial charge in [0.05, 0.1) is 5.56 Å². The molecule has 2 unspecified atom stereocenters. The number of carbonyl (C=O) groups is 1.